The summed E-state index contributed by atoms with van der Waals surface area (Å²) in [6.07, 6.45) is 5.03. The Morgan fingerprint density at radius 3 is 2.11 bits per heavy atom. The molecular weight excluding hydrogens is 874 g/mol. The van der Waals surface area contributed by atoms with Crippen LogP contribution in [0.2, 0.25) is 0 Å². The monoisotopic (exact) mass is 920 g/mol. The molecule has 0 fully saturated rings. The fraction of sp³-hybridized carbons (Fsp3) is 0.104. The summed E-state index contributed by atoms with van der Waals surface area (Å²) in [5.74, 6) is 1.03. The zero-order valence-corrected chi connectivity index (χ0v) is 32.8. The van der Waals surface area contributed by atoms with Crippen molar-refractivity contribution < 1.29 is 44.1 Å². The molecule has 9 rings (SSSR count). The molecule has 0 radical (unpaired) electrons. The van der Waals surface area contributed by atoms with Crippen molar-refractivity contribution in [2.45, 2.75) is 26.2 Å². The molecule has 0 aliphatic carbocycles. The number of aryl methyl sites for hydroxylation is 1. The predicted octanol–water partition coefficient (Wildman–Crippen LogP) is 9.77. The molecule has 3 heterocycles. The van der Waals surface area contributed by atoms with Gasteiger partial charge in [-0.1, -0.05) is 124 Å². The summed E-state index contributed by atoms with van der Waals surface area (Å²) in [7, 11) is 1.68. The standard InChI is InChI=1S/C48H37N5O2.Pt/c1-48(2,3)35-27-28-49-45(29-35)53-44-31-38(25-26-41(44)50(4)47(53)54)55-37-20-13-19-36(30-37)51-32-52(43-24-12-11-23-42(43)51)46-39(33-15-7-5-8-16-33)21-14-22-40(46)34-17-9-6-10-18-34;/h5-29H,1-4H3;/q-2;/i5D,6D,7D,8D,9D,10D,15D,16D,17D,18D;. The Hall–Kier alpha value is -6.30. The van der Waals surface area contributed by atoms with Gasteiger partial charge in [-0.15, -0.1) is 30.3 Å². The SMILES string of the molecule is [2H]c1c([2H])c([2H])c(-c2cccc(-c3c([2H])c([2H])c([2H])c([2H])c3[2H])c2-[n+]2[c-]n(-c3[c-]c(Oc4[c-]c5c(cc4)n(C)c(=O)n5-c4cc(C(C)(C)C)ccn4)ccc3)c3ccccc32)c([2H])c1[2H].[Pt]. The van der Waals surface area contributed by atoms with Gasteiger partial charge in [0.05, 0.1) is 30.4 Å². The molecule has 8 heteroatoms. The van der Waals surface area contributed by atoms with Crippen molar-refractivity contribution in [3.05, 3.63) is 186 Å². The minimum absolute atomic E-state index is 0. The van der Waals surface area contributed by atoms with Gasteiger partial charge in [-0.2, -0.15) is 12.1 Å². The summed E-state index contributed by atoms with van der Waals surface area (Å²) < 4.78 is 99.0. The van der Waals surface area contributed by atoms with Gasteiger partial charge in [0.2, 0.25) is 0 Å². The second-order valence-corrected chi connectivity index (χ2v) is 13.8. The largest absolute Gasteiger partial charge is 0.510 e. The second kappa shape index (κ2) is 14.7. The van der Waals surface area contributed by atoms with E-state index in [9.17, 15) is 4.79 Å². The van der Waals surface area contributed by atoms with E-state index in [1.54, 1.807) is 83.0 Å². The normalized spacial score (nSPS) is 14.0. The van der Waals surface area contributed by atoms with Gasteiger partial charge in [0.1, 0.15) is 5.82 Å². The Kier molecular flexibility index (Phi) is 6.97. The van der Waals surface area contributed by atoms with Crippen LogP contribution in [0.5, 0.6) is 11.5 Å². The van der Waals surface area contributed by atoms with Gasteiger partial charge in [0, 0.05) is 45.8 Å². The van der Waals surface area contributed by atoms with Crippen LogP contribution in [0.3, 0.4) is 0 Å². The van der Waals surface area contributed by atoms with Gasteiger partial charge < -0.3 is 13.9 Å². The maximum Gasteiger partial charge on any atom is 0.321 e. The van der Waals surface area contributed by atoms with Crippen molar-refractivity contribution in [1.29, 1.82) is 0 Å². The average Bonchev–Trinajstić information content (AvgIpc) is 3.79. The number of imidazole rings is 2. The average molecular weight is 921 g/mol. The number of rotatable bonds is 7. The number of fused-ring (bicyclic) bond motifs is 2. The summed E-state index contributed by atoms with van der Waals surface area (Å²) in [6.45, 7) is 6.25. The van der Waals surface area contributed by atoms with Crippen LogP contribution in [-0.4, -0.2) is 18.7 Å². The van der Waals surface area contributed by atoms with Crippen molar-refractivity contribution in [2.75, 3.05) is 0 Å². The van der Waals surface area contributed by atoms with Gasteiger partial charge in [-0.25, -0.2) is 9.78 Å². The van der Waals surface area contributed by atoms with Crippen molar-refractivity contribution in [2.24, 2.45) is 7.05 Å². The first-order valence-corrected chi connectivity index (χ1v) is 17.4. The van der Waals surface area contributed by atoms with E-state index in [4.69, 9.17) is 18.4 Å². The molecule has 0 amide bonds. The van der Waals surface area contributed by atoms with E-state index in [1.807, 2.05) is 24.3 Å². The molecule has 0 aliphatic rings. The minimum atomic E-state index is -0.584. The van der Waals surface area contributed by atoms with Gasteiger partial charge in [-0.3, -0.25) is 9.13 Å². The number of para-hydroxylation sites is 3. The Labute approximate surface area is 354 Å². The van der Waals surface area contributed by atoms with Crippen molar-refractivity contribution in [3.63, 3.8) is 0 Å². The minimum Gasteiger partial charge on any atom is -0.510 e. The van der Waals surface area contributed by atoms with Crippen LogP contribution < -0.4 is 15.0 Å². The fourth-order valence-corrected chi connectivity index (χ4v) is 6.63. The molecule has 278 valence electrons. The molecule has 56 heavy (non-hydrogen) atoms. The molecule has 9 aromatic rings. The first-order chi connectivity index (χ1) is 30.9. The molecule has 0 aliphatic heterocycles. The summed E-state index contributed by atoms with van der Waals surface area (Å²) in [5.41, 5.74) is 3.21. The quantitative estimate of drug-likeness (QED) is 0.118. The molecule has 0 unspecified atom stereocenters. The molecule has 0 N–H and O–H groups in total. The van der Waals surface area contributed by atoms with Gasteiger partial charge in [-0.05, 0) is 62.1 Å². The predicted molar refractivity (Wildman–Crippen MR) is 217 cm³/mol. The molecule has 3 aromatic heterocycles. The third kappa shape index (κ3) is 6.58. The zero-order chi connectivity index (χ0) is 46.4. The number of hydrogen-bond donors (Lipinski definition) is 0. The van der Waals surface area contributed by atoms with E-state index in [1.165, 1.54) is 9.13 Å². The van der Waals surface area contributed by atoms with Crippen LogP contribution in [0.1, 0.15) is 40.0 Å². The van der Waals surface area contributed by atoms with E-state index in [0.29, 0.717) is 39.3 Å². The van der Waals surface area contributed by atoms with E-state index >= 15 is 0 Å². The second-order valence-electron chi connectivity index (χ2n) is 13.8. The summed E-state index contributed by atoms with van der Waals surface area (Å²) >= 11 is 0. The third-order valence-electron chi connectivity index (χ3n) is 9.36. The summed E-state index contributed by atoms with van der Waals surface area (Å²) in [6, 6.07) is 25.5. The molecule has 0 bridgehead atoms. The maximum absolute atomic E-state index is 13.6. The number of benzene rings is 6. The third-order valence-corrected chi connectivity index (χ3v) is 9.36. The summed E-state index contributed by atoms with van der Waals surface area (Å²) in [4.78, 5) is 18.1. The van der Waals surface area contributed by atoms with Crippen LogP contribution in [0.4, 0.5) is 0 Å². The van der Waals surface area contributed by atoms with Crippen LogP contribution in [-0.2, 0) is 33.5 Å². The number of pyridine rings is 1. The molecule has 7 nitrogen and oxygen atoms in total. The van der Waals surface area contributed by atoms with Crippen molar-refractivity contribution >= 4 is 22.1 Å². The first-order valence-electron chi connectivity index (χ1n) is 22.4. The topological polar surface area (TPSA) is 57.9 Å². The van der Waals surface area contributed by atoms with Crippen LogP contribution >= 0.6 is 0 Å². The fourth-order valence-electron chi connectivity index (χ4n) is 6.63. The maximum atomic E-state index is 13.6. The Morgan fingerprint density at radius 2 is 1.41 bits per heavy atom. The van der Waals surface area contributed by atoms with E-state index in [0.717, 1.165) is 5.56 Å². The molecule has 0 saturated carbocycles. The van der Waals surface area contributed by atoms with E-state index in [2.05, 4.69) is 44.2 Å². The molecule has 0 saturated heterocycles. The number of ether oxygens (including phenoxy) is 1. The number of hydrogen-bond acceptors (Lipinski definition) is 3. The number of nitrogens with zero attached hydrogens (tertiary/aromatic N) is 5. The van der Waals surface area contributed by atoms with E-state index < -0.39 is 60.4 Å². The molecule has 0 atom stereocenters. The van der Waals surface area contributed by atoms with E-state index in [-0.39, 0.29) is 65.9 Å². The summed E-state index contributed by atoms with van der Waals surface area (Å²) in [5, 5.41) is 0. The Bertz CT molecular complexity index is 3380. The Morgan fingerprint density at radius 1 is 0.750 bits per heavy atom. The first kappa shape index (κ1) is 26.5. The van der Waals surface area contributed by atoms with Crippen LogP contribution in [0.15, 0.2) is 156 Å². The van der Waals surface area contributed by atoms with Gasteiger partial charge in [0.25, 0.3) is 6.33 Å². The Balaban J connectivity index is 0.00000592. The van der Waals surface area contributed by atoms with Gasteiger partial charge >= 0.3 is 5.69 Å². The molecular formula is C48H37N5O2Pt-2. The van der Waals surface area contributed by atoms with Gasteiger partial charge in [0.15, 0.2) is 0 Å². The van der Waals surface area contributed by atoms with Crippen molar-refractivity contribution in [1.82, 2.24) is 18.7 Å². The molecule has 6 aromatic carbocycles. The smallest absolute Gasteiger partial charge is 0.321 e. The van der Waals surface area contributed by atoms with Crippen LogP contribution in [0, 0.1) is 18.5 Å². The number of aromatic nitrogens is 5. The molecule has 0 spiro atoms. The van der Waals surface area contributed by atoms with Crippen molar-refractivity contribution in [3.8, 4) is 50.9 Å². The zero-order valence-electron chi connectivity index (χ0n) is 40.5. The van der Waals surface area contributed by atoms with Crippen LogP contribution in [0.25, 0.3) is 61.5 Å².